The lowest BCUT2D eigenvalue weighted by atomic mass is 9.99. The number of aromatic amines is 1. The van der Waals surface area contributed by atoms with Crippen molar-refractivity contribution in [3.05, 3.63) is 54.5 Å². The highest BCUT2D eigenvalue weighted by molar-refractivity contribution is 6.02. The zero-order valence-electron chi connectivity index (χ0n) is 19.4. The summed E-state index contributed by atoms with van der Waals surface area (Å²) in [6, 6.07) is 6.27. The Morgan fingerprint density at radius 1 is 1.26 bits per heavy atom. The number of nitrogens with zero attached hydrogens (tertiary/aromatic N) is 2. The molecule has 2 heterocycles. The summed E-state index contributed by atoms with van der Waals surface area (Å²) < 4.78 is 0. The fraction of sp³-hybridized carbons (Fsp3) is 0.385. The van der Waals surface area contributed by atoms with Gasteiger partial charge in [0.25, 0.3) is 5.91 Å². The molecule has 5 rings (SSSR count). The van der Waals surface area contributed by atoms with Gasteiger partial charge in [0, 0.05) is 35.4 Å². The summed E-state index contributed by atoms with van der Waals surface area (Å²) in [6.07, 6.45) is 10.9. The first-order chi connectivity index (χ1) is 16.5. The van der Waals surface area contributed by atoms with Gasteiger partial charge in [-0.1, -0.05) is 18.7 Å². The number of anilines is 1. The van der Waals surface area contributed by atoms with Gasteiger partial charge in [0.1, 0.15) is 17.8 Å². The summed E-state index contributed by atoms with van der Waals surface area (Å²) in [6.45, 7) is 6.08. The lowest BCUT2D eigenvalue weighted by Crippen LogP contribution is -2.26. The normalized spacial score (nSPS) is 16.1. The summed E-state index contributed by atoms with van der Waals surface area (Å²) in [5, 5.41) is 10.5. The maximum absolute atomic E-state index is 12.5. The van der Waals surface area contributed by atoms with Crippen LogP contribution in [-0.4, -0.2) is 44.9 Å². The Balaban J connectivity index is 1.36. The highest BCUT2D eigenvalue weighted by Crippen LogP contribution is 2.44. The molecule has 8 heteroatoms. The molecule has 2 aromatic heterocycles. The minimum Gasteiger partial charge on any atom is -0.364 e. The molecule has 0 unspecified atom stereocenters. The first-order valence-electron chi connectivity index (χ1n) is 11.9. The van der Waals surface area contributed by atoms with Crippen molar-refractivity contribution in [1.82, 2.24) is 25.6 Å². The number of nitrogens with one attached hydrogen (secondary N) is 4. The van der Waals surface area contributed by atoms with Crippen LogP contribution in [0.1, 0.15) is 54.4 Å². The van der Waals surface area contributed by atoms with E-state index in [2.05, 4.69) is 43.5 Å². The number of rotatable bonds is 10. The van der Waals surface area contributed by atoms with Crippen LogP contribution in [0.2, 0.25) is 0 Å². The smallest absolute Gasteiger partial charge is 0.251 e. The van der Waals surface area contributed by atoms with Crippen LogP contribution in [0.3, 0.4) is 0 Å². The number of hydrogen-bond donors (Lipinski definition) is 4. The predicted molar refractivity (Wildman–Crippen MR) is 133 cm³/mol. The molecule has 2 aliphatic rings. The third-order valence-electron chi connectivity index (χ3n) is 6.72. The standard InChI is InChI=1S/C26H30N6O2/c1-3-21(33)27-12-4-9-26(10-11-26)32-24-22-20(14-28-23(22)29-15-30-24)17-5-8-19(16(2)13-17)25(34)31-18-6-7-18/h3,5,8,13-15,18H,1,4,6-7,9-12H2,2H3,(H,27,33)(H,31,34)(H2,28,29,30,32). The van der Waals surface area contributed by atoms with Crippen molar-refractivity contribution < 1.29 is 9.59 Å². The van der Waals surface area contributed by atoms with Gasteiger partial charge in [-0.3, -0.25) is 9.59 Å². The number of fused-ring (bicyclic) bond motifs is 1. The van der Waals surface area contributed by atoms with Gasteiger partial charge in [-0.05, 0) is 68.7 Å². The second kappa shape index (κ2) is 8.93. The van der Waals surface area contributed by atoms with E-state index >= 15 is 0 Å². The molecule has 3 aromatic rings. The Hall–Kier alpha value is -3.68. The van der Waals surface area contributed by atoms with Crippen LogP contribution in [-0.2, 0) is 4.79 Å². The van der Waals surface area contributed by atoms with Gasteiger partial charge < -0.3 is 20.9 Å². The molecular weight excluding hydrogens is 428 g/mol. The number of carbonyl (C=O) groups is 2. The van der Waals surface area contributed by atoms with Gasteiger partial charge in [-0.15, -0.1) is 0 Å². The predicted octanol–water partition coefficient (Wildman–Crippen LogP) is 3.85. The van der Waals surface area contributed by atoms with Crippen molar-refractivity contribution in [3.8, 4) is 11.1 Å². The molecule has 176 valence electrons. The van der Waals surface area contributed by atoms with Crippen LogP contribution in [0.4, 0.5) is 5.82 Å². The second-order valence-electron chi connectivity index (χ2n) is 9.43. The number of carbonyl (C=O) groups excluding carboxylic acids is 2. The molecule has 2 aliphatic carbocycles. The van der Waals surface area contributed by atoms with Crippen molar-refractivity contribution in [2.75, 3.05) is 11.9 Å². The number of benzene rings is 1. The van der Waals surface area contributed by atoms with E-state index in [-0.39, 0.29) is 17.4 Å². The quantitative estimate of drug-likeness (QED) is 0.272. The van der Waals surface area contributed by atoms with Crippen molar-refractivity contribution in [2.45, 2.75) is 57.0 Å². The maximum Gasteiger partial charge on any atom is 0.251 e. The molecule has 8 nitrogen and oxygen atoms in total. The number of aromatic nitrogens is 3. The molecular formula is C26H30N6O2. The molecule has 1 aromatic carbocycles. The molecule has 0 saturated heterocycles. The Bertz CT molecular complexity index is 1260. The average molecular weight is 459 g/mol. The minimum atomic E-state index is -0.140. The minimum absolute atomic E-state index is 0.00359. The topological polar surface area (TPSA) is 112 Å². The van der Waals surface area contributed by atoms with Crippen LogP contribution in [0.15, 0.2) is 43.4 Å². The summed E-state index contributed by atoms with van der Waals surface area (Å²) >= 11 is 0. The van der Waals surface area contributed by atoms with Crippen LogP contribution in [0, 0.1) is 6.92 Å². The second-order valence-corrected chi connectivity index (χ2v) is 9.43. The molecule has 2 fully saturated rings. The van der Waals surface area contributed by atoms with Crippen molar-refractivity contribution in [3.63, 3.8) is 0 Å². The van der Waals surface area contributed by atoms with Crippen LogP contribution in [0.5, 0.6) is 0 Å². The van der Waals surface area contributed by atoms with E-state index in [1.54, 1.807) is 6.33 Å². The lowest BCUT2D eigenvalue weighted by Gasteiger charge is -2.19. The van der Waals surface area contributed by atoms with Crippen molar-refractivity contribution in [1.29, 1.82) is 0 Å². The molecule has 0 radical (unpaired) electrons. The first-order valence-corrected chi connectivity index (χ1v) is 11.9. The van der Waals surface area contributed by atoms with E-state index in [1.165, 1.54) is 6.08 Å². The van der Waals surface area contributed by atoms with Gasteiger partial charge in [-0.2, -0.15) is 0 Å². The number of H-pyrrole nitrogens is 1. The SMILES string of the molecule is C=CC(=O)NCCCC1(Nc2ncnc3[nH]cc(-c4ccc(C(=O)NC5CC5)c(C)c4)c23)CC1. The summed E-state index contributed by atoms with van der Waals surface area (Å²) in [5.41, 5.74) is 4.44. The van der Waals surface area contributed by atoms with Crippen LogP contribution in [0.25, 0.3) is 22.2 Å². The van der Waals surface area contributed by atoms with Crippen LogP contribution >= 0.6 is 0 Å². The zero-order valence-corrected chi connectivity index (χ0v) is 19.4. The maximum atomic E-state index is 12.5. The monoisotopic (exact) mass is 458 g/mol. The Labute approximate surface area is 198 Å². The average Bonchev–Trinajstić information content (AvgIpc) is 3.75. The van der Waals surface area contributed by atoms with Gasteiger partial charge >= 0.3 is 0 Å². The Kier molecular flexibility index (Phi) is 5.81. The molecule has 0 atom stereocenters. The van der Waals surface area contributed by atoms with Crippen molar-refractivity contribution in [2.24, 2.45) is 0 Å². The molecule has 4 N–H and O–H groups in total. The molecule has 34 heavy (non-hydrogen) atoms. The fourth-order valence-electron chi connectivity index (χ4n) is 4.41. The largest absolute Gasteiger partial charge is 0.364 e. The van der Waals surface area contributed by atoms with E-state index < -0.39 is 0 Å². The number of aryl methyl sites for hydroxylation is 1. The molecule has 2 amide bonds. The lowest BCUT2D eigenvalue weighted by molar-refractivity contribution is -0.116. The number of hydrogen-bond acceptors (Lipinski definition) is 5. The molecule has 0 aliphatic heterocycles. The van der Waals surface area contributed by atoms with E-state index in [4.69, 9.17) is 0 Å². The summed E-state index contributed by atoms with van der Waals surface area (Å²) in [4.78, 5) is 36.2. The fourth-order valence-corrected chi connectivity index (χ4v) is 4.41. The Morgan fingerprint density at radius 3 is 2.79 bits per heavy atom. The third-order valence-corrected chi connectivity index (χ3v) is 6.72. The highest BCUT2D eigenvalue weighted by atomic mass is 16.2. The van der Waals surface area contributed by atoms with Gasteiger partial charge in [0.05, 0.1) is 5.39 Å². The van der Waals surface area contributed by atoms with Gasteiger partial charge in [0.2, 0.25) is 5.91 Å². The first kappa shape index (κ1) is 22.1. The van der Waals surface area contributed by atoms with E-state index in [1.807, 2.05) is 25.3 Å². The van der Waals surface area contributed by atoms with E-state index in [0.717, 1.165) is 72.1 Å². The van der Waals surface area contributed by atoms with Crippen molar-refractivity contribution >= 4 is 28.7 Å². The number of amides is 2. The Morgan fingerprint density at radius 2 is 2.09 bits per heavy atom. The van der Waals surface area contributed by atoms with E-state index in [0.29, 0.717) is 18.2 Å². The van der Waals surface area contributed by atoms with Gasteiger partial charge in [-0.25, -0.2) is 9.97 Å². The highest BCUT2D eigenvalue weighted by Gasteiger charge is 2.42. The summed E-state index contributed by atoms with van der Waals surface area (Å²) in [5.74, 6) is 0.664. The molecule has 0 spiro atoms. The third kappa shape index (κ3) is 4.66. The molecule has 0 bridgehead atoms. The van der Waals surface area contributed by atoms with Gasteiger partial charge in [0.15, 0.2) is 0 Å². The van der Waals surface area contributed by atoms with Crippen LogP contribution < -0.4 is 16.0 Å². The molecule has 2 saturated carbocycles. The zero-order chi connectivity index (χ0) is 23.7. The summed E-state index contributed by atoms with van der Waals surface area (Å²) in [7, 11) is 0. The van der Waals surface area contributed by atoms with E-state index in [9.17, 15) is 9.59 Å².